The average Bonchev–Trinajstić information content (AvgIpc) is 2.81. The van der Waals surface area contributed by atoms with Crippen LogP contribution in [0.2, 0.25) is 0 Å². The van der Waals surface area contributed by atoms with Crippen LogP contribution in [0.5, 0.6) is 11.5 Å². The van der Waals surface area contributed by atoms with Crippen molar-refractivity contribution in [1.82, 2.24) is 0 Å². The smallest absolute Gasteiger partial charge is 0.138 e. The lowest BCUT2D eigenvalue weighted by Crippen LogP contribution is -2.09. The van der Waals surface area contributed by atoms with E-state index in [2.05, 4.69) is 50.2 Å². The molecule has 0 aromatic heterocycles. The summed E-state index contributed by atoms with van der Waals surface area (Å²) in [5, 5.41) is 2.27. The molecular weight excluding hydrogens is 368 g/mol. The third kappa shape index (κ3) is 2.37. The molecule has 2 aliphatic rings. The zero-order valence-corrected chi connectivity index (χ0v) is 16.9. The van der Waals surface area contributed by atoms with E-state index in [1.807, 2.05) is 48.5 Å². The molecule has 4 aromatic rings. The summed E-state index contributed by atoms with van der Waals surface area (Å²) in [7, 11) is 0. The Balaban J connectivity index is 1.61. The van der Waals surface area contributed by atoms with E-state index in [0.717, 1.165) is 56.1 Å². The van der Waals surface area contributed by atoms with E-state index >= 15 is 0 Å². The minimum absolute atomic E-state index is 0.884. The van der Waals surface area contributed by atoms with Gasteiger partial charge in [0.2, 0.25) is 0 Å². The summed E-state index contributed by atoms with van der Waals surface area (Å²) in [6, 6.07) is 29.1. The molecule has 144 valence electrons. The molecule has 2 heteroatoms. The summed E-state index contributed by atoms with van der Waals surface area (Å²) in [4.78, 5) is 0. The Labute approximate surface area is 175 Å². The topological polar surface area (TPSA) is 18.5 Å². The molecule has 30 heavy (non-hydrogen) atoms. The van der Waals surface area contributed by atoms with Crippen molar-refractivity contribution >= 4 is 33.4 Å². The molecule has 0 N–H and O–H groups in total. The highest BCUT2D eigenvalue weighted by atomic mass is 16.5. The van der Waals surface area contributed by atoms with Gasteiger partial charge in [-0.05, 0) is 37.1 Å². The summed E-state index contributed by atoms with van der Waals surface area (Å²) in [5.74, 6) is 3.60. The molecule has 0 amide bonds. The Hall–Kier alpha value is -3.78. The molecule has 0 saturated heterocycles. The second-order valence-corrected chi connectivity index (χ2v) is 7.82. The maximum absolute atomic E-state index is 6.44. The van der Waals surface area contributed by atoms with Gasteiger partial charge in [-0.3, -0.25) is 0 Å². The predicted octanol–water partition coefficient (Wildman–Crippen LogP) is 7.40. The first-order valence-electron chi connectivity index (χ1n) is 10.2. The van der Waals surface area contributed by atoms with Crippen LogP contribution in [-0.2, 0) is 0 Å². The van der Waals surface area contributed by atoms with Gasteiger partial charge in [0.15, 0.2) is 0 Å². The first-order valence-corrected chi connectivity index (χ1v) is 10.2. The highest BCUT2D eigenvalue weighted by molar-refractivity contribution is 6.14. The Kier molecular flexibility index (Phi) is 3.63. The predicted molar refractivity (Wildman–Crippen MR) is 123 cm³/mol. The SMILES string of the molecule is CC1=C(c2ccccc2)Oc2ccc3c4c(ccc1c24)C(C)=C(c1ccccc1)O3. The van der Waals surface area contributed by atoms with Gasteiger partial charge in [-0.15, -0.1) is 0 Å². The summed E-state index contributed by atoms with van der Waals surface area (Å²) >= 11 is 0. The highest BCUT2D eigenvalue weighted by Crippen LogP contribution is 2.50. The van der Waals surface area contributed by atoms with Crippen molar-refractivity contribution in [3.8, 4) is 11.5 Å². The van der Waals surface area contributed by atoms with E-state index in [-0.39, 0.29) is 0 Å². The van der Waals surface area contributed by atoms with Gasteiger partial charge in [0.1, 0.15) is 23.0 Å². The largest absolute Gasteiger partial charge is 0.456 e. The third-order valence-corrected chi connectivity index (χ3v) is 6.07. The minimum Gasteiger partial charge on any atom is -0.456 e. The van der Waals surface area contributed by atoms with Crippen LogP contribution in [0, 0.1) is 0 Å². The molecule has 6 rings (SSSR count). The van der Waals surface area contributed by atoms with E-state index in [0.29, 0.717) is 0 Å². The summed E-state index contributed by atoms with van der Waals surface area (Å²) in [6.07, 6.45) is 0. The number of hydrogen-bond acceptors (Lipinski definition) is 2. The van der Waals surface area contributed by atoms with Crippen LogP contribution in [0.1, 0.15) is 36.1 Å². The fraction of sp³-hybridized carbons (Fsp3) is 0.0714. The van der Waals surface area contributed by atoms with Crippen molar-refractivity contribution in [2.24, 2.45) is 0 Å². The fourth-order valence-corrected chi connectivity index (χ4v) is 4.58. The van der Waals surface area contributed by atoms with Crippen molar-refractivity contribution < 1.29 is 9.47 Å². The van der Waals surface area contributed by atoms with Crippen LogP contribution in [0.4, 0.5) is 0 Å². The number of allylic oxidation sites excluding steroid dienone is 2. The van der Waals surface area contributed by atoms with Gasteiger partial charge >= 0.3 is 0 Å². The van der Waals surface area contributed by atoms with Crippen LogP contribution in [-0.4, -0.2) is 0 Å². The molecular formula is C28H20O2. The minimum atomic E-state index is 0.884. The summed E-state index contributed by atoms with van der Waals surface area (Å²) < 4.78 is 12.9. The molecule has 2 aliphatic heterocycles. The molecule has 0 radical (unpaired) electrons. The van der Waals surface area contributed by atoms with Crippen molar-refractivity contribution in [3.63, 3.8) is 0 Å². The van der Waals surface area contributed by atoms with E-state index < -0.39 is 0 Å². The van der Waals surface area contributed by atoms with Crippen LogP contribution >= 0.6 is 0 Å². The summed E-state index contributed by atoms with van der Waals surface area (Å²) in [5.41, 5.74) is 6.88. The molecule has 2 nitrogen and oxygen atoms in total. The lowest BCUT2D eigenvalue weighted by Gasteiger charge is -2.28. The Morgan fingerprint density at radius 1 is 0.467 bits per heavy atom. The van der Waals surface area contributed by atoms with Crippen molar-refractivity contribution in [1.29, 1.82) is 0 Å². The molecule has 0 aliphatic carbocycles. The zero-order chi connectivity index (χ0) is 20.2. The first kappa shape index (κ1) is 17.1. The fourth-order valence-electron chi connectivity index (χ4n) is 4.58. The van der Waals surface area contributed by atoms with Crippen LogP contribution in [0.25, 0.3) is 33.4 Å². The van der Waals surface area contributed by atoms with Gasteiger partial charge in [-0.1, -0.05) is 72.8 Å². The Morgan fingerprint density at radius 2 is 0.867 bits per heavy atom. The molecule has 0 fully saturated rings. The lowest BCUT2D eigenvalue weighted by atomic mass is 9.87. The van der Waals surface area contributed by atoms with E-state index in [1.165, 1.54) is 11.1 Å². The van der Waals surface area contributed by atoms with Crippen molar-refractivity contribution in [2.45, 2.75) is 13.8 Å². The van der Waals surface area contributed by atoms with Crippen molar-refractivity contribution in [2.75, 3.05) is 0 Å². The quantitative estimate of drug-likeness (QED) is 0.356. The second-order valence-electron chi connectivity index (χ2n) is 7.82. The Morgan fingerprint density at radius 3 is 1.27 bits per heavy atom. The Bertz CT molecular complexity index is 1270. The molecule has 0 saturated carbocycles. The van der Waals surface area contributed by atoms with Gasteiger partial charge < -0.3 is 9.47 Å². The normalized spacial score (nSPS) is 14.6. The van der Waals surface area contributed by atoms with Crippen LogP contribution in [0.15, 0.2) is 84.9 Å². The van der Waals surface area contributed by atoms with Gasteiger partial charge in [0.25, 0.3) is 0 Å². The monoisotopic (exact) mass is 388 g/mol. The highest BCUT2D eigenvalue weighted by Gasteiger charge is 2.28. The van der Waals surface area contributed by atoms with Gasteiger partial charge in [-0.25, -0.2) is 0 Å². The average molecular weight is 388 g/mol. The molecule has 0 atom stereocenters. The third-order valence-electron chi connectivity index (χ3n) is 6.07. The maximum atomic E-state index is 6.44. The number of ether oxygens (including phenoxy) is 2. The van der Waals surface area contributed by atoms with E-state index in [1.54, 1.807) is 0 Å². The van der Waals surface area contributed by atoms with Crippen LogP contribution < -0.4 is 9.47 Å². The van der Waals surface area contributed by atoms with Gasteiger partial charge in [0.05, 0.1) is 0 Å². The summed E-state index contributed by atoms with van der Waals surface area (Å²) in [6.45, 7) is 4.27. The molecule has 0 spiro atoms. The van der Waals surface area contributed by atoms with Crippen molar-refractivity contribution in [3.05, 3.63) is 107 Å². The number of benzene rings is 4. The lowest BCUT2D eigenvalue weighted by molar-refractivity contribution is 0.507. The van der Waals surface area contributed by atoms with E-state index in [9.17, 15) is 0 Å². The number of hydrogen-bond donors (Lipinski definition) is 0. The standard InChI is InChI=1S/C28H20O2/c1-17-21-13-14-22-18(2)28(20-11-7-4-8-12-20)30-24-16-15-23(25(21)26(22)24)29-27(17)19-9-5-3-6-10-19/h3-16H,1-2H3. The molecule has 0 bridgehead atoms. The molecule has 2 heterocycles. The molecule has 4 aromatic carbocycles. The van der Waals surface area contributed by atoms with Crippen LogP contribution in [0.3, 0.4) is 0 Å². The second kappa shape index (κ2) is 6.36. The first-order chi connectivity index (χ1) is 14.7. The zero-order valence-electron chi connectivity index (χ0n) is 16.9. The molecule has 0 unspecified atom stereocenters. The van der Waals surface area contributed by atoms with E-state index in [4.69, 9.17) is 9.47 Å². The van der Waals surface area contributed by atoms with Gasteiger partial charge in [0, 0.05) is 33.0 Å². The maximum Gasteiger partial charge on any atom is 0.138 e. The number of rotatable bonds is 2. The van der Waals surface area contributed by atoms with Gasteiger partial charge in [-0.2, -0.15) is 0 Å².